The van der Waals surface area contributed by atoms with Crippen molar-refractivity contribution in [2.24, 2.45) is 5.73 Å². The largest absolute Gasteiger partial charge is 0.320 e. The number of nitrogens with two attached hydrogens (primary N) is 1. The van der Waals surface area contributed by atoms with E-state index in [1.54, 1.807) is 0 Å². The van der Waals surface area contributed by atoms with Crippen molar-refractivity contribution in [3.8, 4) is 0 Å². The normalized spacial score (nSPS) is 15.0. The number of hydrogen-bond acceptors (Lipinski definition) is 2. The van der Waals surface area contributed by atoms with Crippen LogP contribution in [0, 0.1) is 0 Å². The van der Waals surface area contributed by atoms with Gasteiger partial charge in [-0.2, -0.15) is 12.6 Å². The van der Waals surface area contributed by atoms with Crippen LogP contribution in [0.3, 0.4) is 0 Å². The lowest BCUT2D eigenvalue weighted by atomic mass is 10.5. The fourth-order valence-electron chi connectivity index (χ4n) is 0. The molecule has 0 aliphatic heterocycles. The molecule has 0 saturated carbocycles. The number of hydrogen-bond donors (Lipinski definition) is 2. The van der Waals surface area contributed by atoms with Crippen molar-refractivity contribution in [2.75, 3.05) is 0 Å². The summed E-state index contributed by atoms with van der Waals surface area (Å²) in [6.07, 6.45) is 0.948. The van der Waals surface area contributed by atoms with E-state index in [0.29, 0.717) is 0 Å². The Kier molecular flexibility index (Phi) is 2.70. The quantitative estimate of drug-likeness (QED) is 0.359. The van der Waals surface area contributed by atoms with E-state index in [-0.39, 0.29) is 5.37 Å². The molecular weight excluding hydrogens is 82.1 g/mol. The van der Waals surface area contributed by atoms with E-state index >= 15 is 0 Å². The van der Waals surface area contributed by atoms with Crippen LogP contribution in [0.4, 0.5) is 0 Å². The highest BCUT2D eigenvalue weighted by Gasteiger charge is 1.80. The van der Waals surface area contributed by atoms with Crippen LogP contribution in [0.2, 0.25) is 0 Å². The molecule has 32 valence electrons. The third-order valence-electron chi connectivity index (χ3n) is 0.418. The van der Waals surface area contributed by atoms with E-state index in [0.717, 1.165) is 6.42 Å². The molecule has 2 heteroatoms. The zero-order valence-corrected chi connectivity index (χ0v) is 4.20. The zero-order chi connectivity index (χ0) is 4.28. The smallest absolute Gasteiger partial charge is 0.0474 e. The standard InChI is InChI=1S/C3H9NS/c1-2-3(4)5/h3,5H,2,4H2,1H3/t3-/m0/s1. The minimum Gasteiger partial charge on any atom is -0.320 e. The van der Waals surface area contributed by atoms with Crippen molar-refractivity contribution in [1.29, 1.82) is 0 Å². The van der Waals surface area contributed by atoms with E-state index < -0.39 is 0 Å². The highest BCUT2D eigenvalue weighted by molar-refractivity contribution is 7.80. The monoisotopic (exact) mass is 91.0 g/mol. The maximum Gasteiger partial charge on any atom is 0.0474 e. The van der Waals surface area contributed by atoms with Crippen molar-refractivity contribution in [3.63, 3.8) is 0 Å². The van der Waals surface area contributed by atoms with Crippen molar-refractivity contribution in [2.45, 2.75) is 18.7 Å². The Morgan fingerprint density at radius 2 is 2.20 bits per heavy atom. The van der Waals surface area contributed by atoms with Gasteiger partial charge in [0.25, 0.3) is 0 Å². The second-order valence-electron chi connectivity index (χ2n) is 0.976. The molecule has 0 bridgehead atoms. The first-order valence-electron chi connectivity index (χ1n) is 1.71. The van der Waals surface area contributed by atoms with Crippen LogP contribution in [0.15, 0.2) is 0 Å². The van der Waals surface area contributed by atoms with Gasteiger partial charge in [0.15, 0.2) is 0 Å². The molecule has 0 fully saturated rings. The molecule has 1 nitrogen and oxygen atoms in total. The second-order valence-corrected chi connectivity index (χ2v) is 1.64. The summed E-state index contributed by atoms with van der Waals surface area (Å²) in [5.74, 6) is 0. The molecular formula is C3H9NS. The van der Waals surface area contributed by atoms with Crippen LogP contribution in [-0.4, -0.2) is 5.37 Å². The lowest BCUT2D eigenvalue weighted by Gasteiger charge is -1.91. The molecule has 0 rings (SSSR count). The van der Waals surface area contributed by atoms with Gasteiger partial charge in [0.1, 0.15) is 0 Å². The average Bonchev–Trinajstić information content (AvgIpc) is 1.38. The molecule has 2 N–H and O–H groups in total. The minimum absolute atomic E-state index is 0.0787. The first-order chi connectivity index (χ1) is 2.27. The van der Waals surface area contributed by atoms with Gasteiger partial charge < -0.3 is 5.73 Å². The summed E-state index contributed by atoms with van der Waals surface area (Å²) in [6, 6.07) is 0. The molecule has 0 heterocycles. The third kappa shape index (κ3) is 4.31. The molecule has 0 aliphatic carbocycles. The van der Waals surface area contributed by atoms with E-state index in [2.05, 4.69) is 12.6 Å². The van der Waals surface area contributed by atoms with Gasteiger partial charge in [0.2, 0.25) is 0 Å². The van der Waals surface area contributed by atoms with Gasteiger partial charge in [0, 0.05) is 5.37 Å². The zero-order valence-electron chi connectivity index (χ0n) is 3.31. The van der Waals surface area contributed by atoms with Gasteiger partial charge in [-0.15, -0.1) is 0 Å². The maximum absolute atomic E-state index is 5.16. The van der Waals surface area contributed by atoms with E-state index in [1.807, 2.05) is 6.92 Å². The van der Waals surface area contributed by atoms with E-state index in [1.165, 1.54) is 0 Å². The van der Waals surface area contributed by atoms with Crippen LogP contribution in [0.1, 0.15) is 13.3 Å². The first kappa shape index (κ1) is 5.31. The van der Waals surface area contributed by atoms with Crippen molar-refractivity contribution < 1.29 is 0 Å². The molecule has 0 radical (unpaired) electrons. The summed E-state index contributed by atoms with van der Waals surface area (Å²) in [5.41, 5.74) is 5.16. The van der Waals surface area contributed by atoms with Gasteiger partial charge in [-0.3, -0.25) is 0 Å². The fourth-order valence-corrected chi connectivity index (χ4v) is 0. The van der Waals surface area contributed by atoms with Gasteiger partial charge in [-0.1, -0.05) is 6.92 Å². The van der Waals surface area contributed by atoms with Crippen LogP contribution >= 0.6 is 12.6 Å². The minimum atomic E-state index is 0.0787. The van der Waals surface area contributed by atoms with Crippen molar-refractivity contribution >= 4 is 12.6 Å². The Morgan fingerprint density at radius 3 is 2.20 bits per heavy atom. The third-order valence-corrected chi connectivity index (χ3v) is 0.783. The molecule has 0 aromatic carbocycles. The predicted octanol–water partition coefficient (Wildman–Crippen LogP) is 0.611. The lowest BCUT2D eigenvalue weighted by Crippen LogP contribution is -2.08. The first-order valence-corrected chi connectivity index (χ1v) is 2.22. The summed E-state index contributed by atoms with van der Waals surface area (Å²) in [5, 5.41) is 0.0787. The van der Waals surface area contributed by atoms with Crippen LogP contribution < -0.4 is 5.73 Å². The number of rotatable bonds is 1. The summed E-state index contributed by atoms with van der Waals surface area (Å²) in [6.45, 7) is 2.00. The molecule has 5 heavy (non-hydrogen) atoms. The Labute approximate surface area is 38.0 Å². The summed E-state index contributed by atoms with van der Waals surface area (Å²) < 4.78 is 0. The average molecular weight is 91.2 g/mol. The molecule has 0 unspecified atom stereocenters. The molecule has 1 atom stereocenters. The molecule has 0 amide bonds. The van der Waals surface area contributed by atoms with Gasteiger partial charge in [0.05, 0.1) is 0 Å². The Hall–Kier alpha value is 0.310. The SMILES string of the molecule is CC[C@@H](N)S. The highest BCUT2D eigenvalue weighted by atomic mass is 32.1. The Morgan fingerprint density at radius 1 is 2.00 bits per heavy atom. The molecule has 0 aromatic rings. The van der Waals surface area contributed by atoms with Gasteiger partial charge in [-0.05, 0) is 6.42 Å². The lowest BCUT2D eigenvalue weighted by molar-refractivity contribution is 0.876. The maximum atomic E-state index is 5.16. The molecule has 0 aliphatic rings. The van der Waals surface area contributed by atoms with E-state index in [4.69, 9.17) is 5.73 Å². The topological polar surface area (TPSA) is 26.0 Å². The molecule has 0 aromatic heterocycles. The molecule has 0 spiro atoms. The Bertz CT molecular complexity index is 20.9. The van der Waals surface area contributed by atoms with Gasteiger partial charge in [-0.25, -0.2) is 0 Å². The number of thiol groups is 1. The van der Waals surface area contributed by atoms with Crippen molar-refractivity contribution in [3.05, 3.63) is 0 Å². The summed E-state index contributed by atoms with van der Waals surface area (Å²) in [7, 11) is 0. The van der Waals surface area contributed by atoms with Crippen LogP contribution in [0.5, 0.6) is 0 Å². The Balaban J connectivity index is 2.54. The predicted molar refractivity (Wildman–Crippen MR) is 27.3 cm³/mol. The van der Waals surface area contributed by atoms with Crippen LogP contribution in [0.25, 0.3) is 0 Å². The highest BCUT2D eigenvalue weighted by Crippen LogP contribution is 1.86. The van der Waals surface area contributed by atoms with Gasteiger partial charge >= 0.3 is 0 Å². The summed E-state index contributed by atoms with van der Waals surface area (Å²) in [4.78, 5) is 0. The fraction of sp³-hybridized carbons (Fsp3) is 1.00. The van der Waals surface area contributed by atoms with E-state index in [9.17, 15) is 0 Å². The second kappa shape index (κ2) is 2.54. The molecule has 0 saturated heterocycles. The van der Waals surface area contributed by atoms with Crippen LogP contribution in [-0.2, 0) is 0 Å². The van der Waals surface area contributed by atoms with Crippen molar-refractivity contribution in [1.82, 2.24) is 0 Å². The summed E-state index contributed by atoms with van der Waals surface area (Å²) >= 11 is 3.88.